The smallest absolute Gasteiger partial charge is 0.361 e. The predicted molar refractivity (Wildman–Crippen MR) is 63.8 cm³/mol. The normalized spacial score (nSPS) is 14.3. The van der Waals surface area contributed by atoms with E-state index in [4.69, 9.17) is 10.5 Å². The summed E-state index contributed by atoms with van der Waals surface area (Å²) in [5.41, 5.74) is 5.91. The van der Waals surface area contributed by atoms with Crippen LogP contribution in [-0.4, -0.2) is 34.3 Å². The van der Waals surface area contributed by atoms with Gasteiger partial charge in [0.15, 0.2) is 5.69 Å². The Kier molecular flexibility index (Phi) is 3.50. The first-order chi connectivity index (χ1) is 8.60. The minimum Gasteiger partial charge on any atom is -0.461 e. The number of rotatable bonds is 5. The number of ether oxygens (including phenoxy) is 1. The second-order valence-electron chi connectivity index (χ2n) is 4.19. The average molecular weight is 252 g/mol. The van der Waals surface area contributed by atoms with E-state index in [1.54, 1.807) is 6.92 Å². The van der Waals surface area contributed by atoms with E-state index in [1.165, 1.54) is 10.9 Å². The standard InChI is InChI=1S/C11H16N4O3/c1-2-18-11(17)10-8(12)5-15(14-10)6-9(16)13-7-3-4-7/h5,7H,2-4,6,12H2,1H3,(H,13,16). The summed E-state index contributed by atoms with van der Waals surface area (Å²) in [4.78, 5) is 23.0. The molecule has 0 atom stereocenters. The predicted octanol–water partition coefficient (Wildman–Crippen LogP) is -0.0794. The molecule has 0 spiro atoms. The molecule has 0 aromatic carbocycles. The molecule has 1 aromatic rings. The Bertz CT molecular complexity index is 465. The van der Waals surface area contributed by atoms with Crippen LogP contribution in [0.15, 0.2) is 6.20 Å². The molecule has 1 saturated carbocycles. The Hall–Kier alpha value is -2.05. The largest absolute Gasteiger partial charge is 0.461 e. The van der Waals surface area contributed by atoms with Crippen molar-refractivity contribution in [1.82, 2.24) is 15.1 Å². The lowest BCUT2D eigenvalue weighted by Crippen LogP contribution is -2.29. The Morgan fingerprint density at radius 3 is 2.94 bits per heavy atom. The number of amides is 1. The topological polar surface area (TPSA) is 99.2 Å². The van der Waals surface area contributed by atoms with Gasteiger partial charge in [-0.1, -0.05) is 0 Å². The van der Waals surface area contributed by atoms with Gasteiger partial charge in [0, 0.05) is 12.2 Å². The first-order valence-corrected chi connectivity index (χ1v) is 5.89. The van der Waals surface area contributed by atoms with Gasteiger partial charge in [0.2, 0.25) is 5.91 Å². The summed E-state index contributed by atoms with van der Waals surface area (Å²) in [6, 6.07) is 0.301. The molecule has 3 N–H and O–H groups in total. The van der Waals surface area contributed by atoms with E-state index in [1.807, 2.05) is 0 Å². The van der Waals surface area contributed by atoms with Crippen LogP contribution in [-0.2, 0) is 16.1 Å². The minimum absolute atomic E-state index is 0.0519. The summed E-state index contributed by atoms with van der Waals surface area (Å²) in [6.45, 7) is 2.02. The third-order valence-electron chi connectivity index (χ3n) is 2.51. The molecule has 98 valence electrons. The molecule has 7 heteroatoms. The number of nitrogens with zero attached hydrogens (tertiary/aromatic N) is 2. The second kappa shape index (κ2) is 5.07. The van der Waals surface area contributed by atoms with Crippen molar-refractivity contribution in [3.05, 3.63) is 11.9 Å². The van der Waals surface area contributed by atoms with Gasteiger partial charge in [-0.25, -0.2) is 4.79 Å². The lowest BCUT2D eigenvalue weighted by molar-refractivity contribution is -0.122. The van der Waals surface area contributed by atoms with Crippen LogP contribution in [0.25, 0.3) is 0 Å². The molecule has 1 heterocycles. The second-order valence-corrected chi connectivity index (χ2v) is 4.19. The molecule has 1 aliphatic rings. The molecule has 18 heavy (non-hydrogen) atoms. The molecule has 1 amide bonds. The minimum atomic E-state index is -0.573. The van der Waals surface area contributed by atoms with Gasteiger partial charge in [0.25, 0.3) is 0 Å². The summed E-state index contributed by atoms with van der Waals surface area (Å²) >= 11 is 0. The number of carbonyl (C=O) groups excluding carboxylic acids is 2. The number of hydrogen-bond donors (Lipinski definition) is 2. The molecule has 0 aliphatic heterocycles. The number of carbonyl (C=O) groups is 2. The first-order valence-electron chi connectivity index (χ1n) is 5.89. The molecule has 0 unspecified atom stereocenters. The maximum Gasteiger partial charge on any atom is 0.361 e. The fraction of sp³-hybridized carbons (Fsp3) is 0.545. The van der Waals surface area contributed by atoms with Gasteiger partial charge in [-0.05, 0) is 19.8 Å². The summed E-state index contributed by atoms with van der Waals surface area (Å²) in [6.07, 6.45) is 3.51. The van der Waals surface area contributed by atoms with E-state index in [9.17, 15) is 9.59 Å². The fourth-order valence-corrected chi connectivity index (χ4v) is 1.52. The quantitative estimate of drug-likeness (QED) is 0.714. The number of esters is 1. The molecule has 1 fully saturated rings. The molecule has 7 nitrogen and oxygen atoms in total. The van der Waals surface area contributed by atoms with Gasteiger partial charge in [-0.15, -0.1) is 0 Å². The van der Waals surface area contributed by atoms with E-state index in [-0.39, 0.29) is 30.4 Å². The first kappa shape index (κ1) is 12.4. The summed E-state index contributed by atoms with van der Waals surface area (Å²) in [7, 11) is 0. The van der Waals surface area contributed by atoms with Gasteiger partial charge in [-0.3, -0.25) is 9.48 Å². The van der Waals surface area contributed by atoms with Gasteiger partial charge in [-0.2, -0.15) is 5.10 Å². The number of nitrogens with one attached hydrogen (secondary N) is 1. The summed E-state index contributed by atoms with van der Waals surface area (Å²) in [5.74, 6) is -0.702. The number of nitrogens with two attached hydrogens (primary N) is 1. The zero-order valence-electron chi connectivity index (χ0n) is 10.2. The highest BCUT2D eigenvalue weighted by Crippen LogP contribution is 2.18. The van der Waals surface area contributed by atoms with Crippen LogP contribution in [0, 0.1) is 0 Å². The van der Waals surface area contributed by atoms with Crippen LogP contribution in [0.2, 0.25) is 0 Å². The van der Waals surface area contributed by atoms with E-state index < -0.39 is 5.97 Å². The molecular weight excluding hydrogens is 236 g/mol. The number of nitrogen functional groups attached to an aromatic ring is 1. The lowest BCUT2D eigenvalue weighted by atomic mass is 10.4. The molecule has 0 radical (unpaired) electrons. The van der Waals surface area contributed by atoms with E-state index in [2.05, 4.69) is 10.4 Å². The van der Waals surface area contributed by atoms with Crippen molar-refractivity contribution < 1.29 is 14.3 Å². The van der Waals surface area contributed by atoms with E-state index in [0.29, 0.717) is 6.04 Å². The lowest BCUT2D eigenvalue weighted by Gasteiger charge is -2.02. The van der Waals surface area contributed by atoms with Gasteiger partial charge in [0.1, 0.15) is 6.54 Å². The van der Waals surface area contributed by atoms with Gasteiger partial charge in [0.05, 0.1) is 12.3 Å². The molecular formula is C11H16N4O3. The van der Waals surface area contributed by atoms with Crippen LogP contribution >= 0.6 is 0 Å². The maximum atomic E-state index is 11.6. The van der Waals surface area contributed by atoms with Gasteiger partial charge < -0.3 is 15.8 Å². The van der Waals surface area contributed by atoms with Crippen LogP contribution in [0.4, 0.5) is 5.69 Å². The highest BCUT2D eigenvalue weighted by molar-refractivity contribution is 5.92. The Labute approximate surface area is 104 Å². The molecule has 0 saturated heterocycles. The Morgan fingerprint density at radius 1 is 1.61 bits per heavy atom. The van der Waals surface area contributed by atoms with Crippen LogP contribution < -0.4 is 11.1 Å². The van der Waals surface area contributed by atoms with Crippen molar-refractivity contribution in [2.75, 3.05) is 12.3 Å². The van der Waals surface area contributed by atoms with Crippen molar-refractivity contribution in [2.24, 2.45) is 0 Å². The SMILES string of the molecule is CCOC(=O)c1nn(CC(=O)NC2CC2)cc1N. The maximum absolute atomic E-state index is 11.6. The van der Waals surface area contributed by atoms with E-state index >= 15 is 0 Å². The highest BCUT2D eigenvalue weighted by Gasteiger charge is 2.24. The van der Waals surface area contributed by atoms with Crippen LogP contribution in [0.1, 0.15) is 30.3 Å². The van der Waals surface area contributed by atoms with Gasteiger partial charge >= 0.3 is 5.97 Å². The van der Waals surface area contributed by atoms with Crippen molar-refractivity contribution in [3.63, 3.8) is 0 Å². The molecule has 2 rings (SSSR count). The summed E-state index contributed by atoms with van der Waals surface area (Å²) < 4.78 is 6.15. The fourth-order valence-electron chi connectivity index (χ4n) is 1.52. The van der Waals surface area contributed by atoms with Crippen LogP contribution in [0.5, 0.6) is 0 Å². The Balaban J connectivity index is 1.98. The highest BCUT2D eigenvalue weighted by atomic mass is 16.5. The Morgan fingerprint density at radius 2 is 2.33 bits per heavy atom. The molecule has 1 aromatic heterocycles. The third kappa shape index (κ3) is 2.99. The van der Waals surface area contributed by atoms with E-state index in [0.717, 1.165) is 12.8 Å². The zero-order chi connectivity index (χ0) is 13.1. The van der Waals surface area contributed by atoms with Crippen molar-refractivity contribution in [1.29, 1.82) is 0 Å². The summed E-state index contributed by atoms with van der Waals surface area (Å²) in [5, 5.41) is 6.78. The van der Waals surface area contributed by atoms with Crippen molar-refractivity contribution >= 4 is 17.6 Å². The number of aromatic nitrogens is 2. The van der Waals surface area contributed by atoms with Crippen molar-refractivity contribution in [2.45, 2.75) is 32.4 Å². The molecule has 1 aliphatic carbocycles. The third-order valence-corrected chi connectivity index (χ3v) is 2.51. The monoisotopic (exact) mass is 252 g/mol. The average Bonchev–Trinajstić information content (AvgIpc) is 3.02. The number of anilines is 1. The van der Waals surface area contributed by atoms with Crippen LogP contribution in [0.3, 0.4) is 0 Å². The molecule has 0 bridgehead atoms. The zero-order valence-corrected chi connectivity index (χ0v) is 10.2. The van der Waals surface area contributed by atoms with Crippen molar-refractivity contribution in [3.8, 4) is 0 Å². The number of hydrogen-bond acceptors (Lipinski definition) is 5.